The van der Waals surface area contributed by atoms with E-state index < -0.39 is 6.04 Å². The Balaban J connectivity index is 1.57. The van der Waals surface area contributed by atoms with E-state index in [1.54, 1.807) is 6.07 Å². The lowest BCUT2D eigenvalue weighted by Crippen LogP contribution is -2.33. The SMILES string of the molecule is Cc1ccc(NC(=O)C(NCc2nc3ccccc3n2C)c2ccccc2)cc1Cl. The van der Waals surface area contributed by atoms with Gasteiger partial charge in [-0.15, -0.1) is 0 Å². The summed E-state index contributed by atoms with van der Waals surface area (Å²) >= 11 is 6.21. The summed E-state index contributed by atoms with van der Waals surface area (Å²) in [4.78, 5) is 17.8. The molecular formula is C24H23ClN4O. The molecule has 1 aromatic heterocycles. The number of nitrogens with zero attached hydrogens (tertiary/aromatic N) is 2. The van der Waals surface area contributed by atoms with Gasteiger partial charge in [-0.05, 0) is 42.3 Å². The third-order valence-corrected chi connectivity index (χ3v) is 5.59. The van der Waals surface area contributed by atoms with Crippen LogP contribution in [-0.2, 0) is 18.4 Å². The number of carbonyl (C=O) groups is 1. The van der Waals surface area contributed by atoms with Crippen LogP contribution in [-0.4, -0.2) is 15.5 Å². The average molecular weight is 419 g/mol. The van der Waals surface area contributed by atoms with Gasteiger partial charge in [0.25, 0.3) is 0 Å². The summed E-state index contributed by atoms with van der Waals surface area (Å²) in [6, 6.07) is 22.6. The van der Waals surface area contributed by atoms with E-state index >= 15 is 0 Å². The maximum absolute atomic E-state index is 13.1. The summed E-state index contributed by atoms with van der Waals surface area (Å²) in [7, 11) is 1.98. The van der Waals surface area contributed by atoms with Gasteiger partial charge in [0.2, 0.25) is 5.91 Å². The predicted octanol–water partition coefficient (Wildman–Crippen LogP) is 5.00. The molecule has 1 unspecified atom stereocenters. The molecule has 0 spiro atoms. The van der Waals surface area contributed by atoms with Crippen molar-refractivity contribution in [3.8, 4) is 0 Å². The van der Waals surface area contributed by atoms with Gasteiger partial charge in [-0.2, -0.15) is 0 Å². The molecule has 1 atom stereocenters. The number of aromatic nitrogens is 2. The molecule has 152 valence electrons. The summed E-state index contributed by atoms with van der Waals surface area (Å²) in [5, 5.41) is 6.97. The molecule has 30 heavy (non-hydrogen) atoms. The molecule has 0 aliphatic rings. The van der Waals surface area contributed by atoms with Gasteiger partial charge in [0.05, 0.1) is 17.6 Å². The number of rotatable bonds is 6. The van der Waals surface area contributed by atoms with Gasteiger partial charge < -0.3 is 9.88 Å². The standard InChI is InChI=1S/C24H23ClN4O/c1-16-12-13-18(14-19(16)25)27-24(30)23(17-8-4-3-5-9-17)26-15-22-28-20-10-6-7-11-21(20)29(22)2/h3-14,23,26H,15H2,1-2H3,(H,27,30). The van der Waals surface area contributed by atoms with Gasteiger partial charge in [-0.25, -0.2) is 4.98 Å². The average Bonchev–Trinajstić information content (AvgIpc) is 3.07. The zero-order chi connectivity index (χ0) is 21.1. The molecule has 6 heteroatoms. The van der Waals surface area contributed by atoms with Crippen LogP contribution in [0.25, 0.3) is 11.0 Å². The Hall–Kier alpha value is -3.15. The zero-order valence-electron chi connectivity index (χ0n) is 16.9. The molecule has 0 saturated heterocycles. The lowest BCUT2D eigenvalue weighted by Gasteiger charge is -2.19. The fourth-order valence-corrected chi connectivity index (χ4v) is 3.62. The molecule has 2 N–H and O–H groups in total. The van der Waals surface area contributed by atoms with Gasteiger partial charge >= 0.3 is 0 Å². The van der Waals surface area contributed by atoms with Crippen molar-refractivity contribution in [3.05, 3.63) is 94.8 Å². The minimum Gasteiger partial charge on any atom is -0.330 e. The molecule has 5 nitrogen and oxygen atoms in total. The Bertz CT molecular complexity index is 1190. The molecule has 4 rings (SSSR count). The fourth-order valence-electron chi connectivity index (χ4n) is 3.44. The normalized spacial score (nSPS) is 12.1. The van der Waals surface area contributed by atoms with Gasteiger partial charge in [-0.1, -0.05) is 60.1 Å². The molecule has 0 aliphatic heterocycles. The summed E-state index contributed by atoms with van der Waals surface area (Å²) in [6.07, 6.45) is 0. The lowest BCUT2D eigenvalue weighted by molar-refractivity contribution is -0.118. The van der Waals surface area contributed by atoms with Crippen LogP contribution in [0.15, 0.2) is 72.8 Å². The number of imidazole rings is 1. The van der Waals surface area contributed by atoms with E-state index in [0.29, 0.717) is 17.3 Å². The van der Waals surface area contributed by atoms with E-state index in [9.17, 15) is 4.79 Å². The number of benzene rings is 3. The number of halogens is 1. The second-order valence-electron chi connectivity index (χ2n) is 7.25. The quantitative estimate of drug-likeness (QED) is 0.463. The van der Waals surface area contributed by atoms with Crippen molar-refractivity contribution in [2.24, 2.45) is 7.05 Å². The first kappa shape index (κ1) is 20.1. The van der Waals surface area contributed by atoms with Crippen molar-refractivity contribution in [2.45, 2.75) is 19.5 Å². The minimum atomic E-state index is -0.536. The summed E-state index contributed by atoms with van der Waals surface area (Å²) in [5.74, 6) is 0.711. The summed E-state index contributed by atoms with van der Waals surface area (Å²) < 4.78 is 2.04. The molecule has 4 aromatic rings. The summed E-state index contributed by atoms with van der Waals surface area (Å²) in [5.41, 5.74) is 4.51. The first-order valence-corrected chi connectivity index (χ1v) is 10.2. The number of hydrogen-bond acceptors (Lipinski definition) is 3. The van der Waals surface area contributed by atoms with Crippen LogP contribution >= 0.6 is 11.6 Å². The smallest absolute Gasteiger partial charge is 0.246 e. The molecule has 0 aliphatic carbocycles. The first-order chi connectivity index (χ1) is 14.5. The predicted molar refractivity (Wildman–Crippen MR) is 122 cm³/mol. The Morgan fingerprint density at radius 3 is 2.53 bits per heavy atom. The highest BCUT2D eigenvalue weighted by molar-refractivity contribution is 6.31. The van der Waals surface area contributed by atoms with Crippen LogP contribution in [0, 0.1) is 6.92 Å². The Kier molecular flexibility index (Phi) is 5.84. The Morgan fingerprint density at radius 2 is 1.80 bits per heavy atom. The third-order valence-electron chi connectivity index (χ3n) is 5.18. The van der Waals surface area contributed by atoms with E-state index in [0.717, 1.165) is 28.0 Å². The number of hydrogen-bond donors (Lipinski definition) is 2. The highest BCUT2D eigenvalue weighted by Gasteiger charge is 2.21. The van der Waals surface area contributed by atoms with Gasteiger partial charge in [-0.3, -0.25) is 10.1 Å². The number of nitrogens with one attached hydrogen (secondary N) is 2. The largest absolute Gasteiger partial charge is 0.330 e. The van der Waals surface area contributed by atoms with Gasteiger partial charge in [0.15, 0.2) is 0 Å². The number of amides is 1. The Labute approximate surface area is 180 Å². The molecular weight excluding hydrogens is 396 g/mol. The topological polar surface area (TPSA) is 59.0 Å². The maximum atomic E-state index is 13.1. The fraction of sp³-hybridized carbons (Fsp3) is 0.167. The second-order valence-corrected chi connectivity index (χ2v) is 7.66. The molecule has 3 aromatic carbocycles. The Morgan fingerprint density at radius 1 is 1.07 bits per heavy atom. The van der Waals surface area contributed by atoms with Crippen LogP contribution < -0.4 is 10.6 Å². The minimum absolute atomic E-state index is 0.153. The van der Waals surface area contributed by atoms with Crippen molar-refractivity contribution in [3.63, 3.8) is 0 Å². The van der Waals surface area contributed by atoms with Crippen LogP contribution in [0.5, 0.6) is 0 Å². The van der Waals surface area contributed by atoms with E-state index in [4.69, 9.17) is 16.6 Å². The monoisotopic (exact) mass is 418 g/mol. The number of carbonyl (C=O) groups excluding carboxylic acids is 1. The maximum Gasteiger partial charge on any atom is 0.246 e. The number of para-hydroxylation sites is 2. The van der Waals surface area contributed by atoms with Crippen LogP contribution in [0.4, 0.5) is 5.69 Å². The van der Waals surface area contributed by atoms with E-state index in [1.165, 1.54) is 0 Å². The molecule has 1 heterocycles. The van der Waals surface area contributed by atoms with Crippen molar-refractivity contribution < 1.29 is 4.79 Å². The van der Waals surface area contributed by atoms with E-state index in [1.807, 2.05) is 85.3 Å². The summed E-state index contributed by atoms with van der Waals surface area (Å²) in [6.45, 7) is 2.38. The van der Waals surface area contributed by atoms with Crippen LogP contribution in [0.3, 0.4) is 0 Å². The van der Waals surface area contributed by atoms with Gasteiger partial charge in [0.1, 0.15) is 11.9 Å². The van der Waals surface area contributed by atoms with E-state index in [-0.39, 0.29) is 5.91 Å². The number of anilines is 1. The van der Waals surface area contributed by atoms with Crippen LogP contribution in [0.1, 0.15) is 23.0 Å². The van der Waals surface area contributed by atoms with Crippen molar-refractivity contribution in [1.29, 1.82) is 0 Å². The zero-order valence-corrected chi connectivity index (χ0v) is 17.6. The highest BCUT2D eigenvalue weighted by atomic mass is 35.5. The number of fused-ring (bicyclic) bond motifs is 1. The third kappa shape index (κ3) is 4.22. The molecule has 0 bridgehead atoms. The van der Waals surface area contributed by atoms with Crippen molar-refractivity contribution in [2.75, 3.05) is 5.32 Å². The molecule has 0 fully saturated rings. The van der Waals surface area contributed by atoms with E-state index in [2.05, 4.69) is 10.6 Å². The first-order valence-electron chi connectivity index (χ1n) is 9.78. The van der Waals surface area contributed by atoms with Crippen LogP contribution in [0.2, 0.25) is 5.02 Å². The lowest BCUT2D eigenvalue weighted by atomic mass is 10.1. The molecule has 0 radical (unpaired) electrons. The highest BCUT2D eigenvalue weighted by Crippen LogP contribution is 2.22. The van der Waals surface area contributed by atoms with Gasteiger partial charge in [0, 0.05) is 17.8 Å². The number of aryl methyl sites for hydroxylation is 2. The van der Waals surface area contributed by atoms with Crippen molar-refractivity contribution in [1.82, 2.24) is 14.9 Å². The molecule has 1 amide bonds. The second kappa shape index (κ2) is 8.69. The molecule has 0 saturated carbocycles. The van der Waals surface area contributed by atoms with Crippen molar-refractivity contribution >= 4 is 34.2 Å².